The van der Waals surface area contributed by atoms with E-state index < -0.39 is 11.6 Å². The van der Waals surface area contributed by atoms with E-state index in [-0.39, 0.29) is 29.3 Å². The van der Waals surface area contributed by atoms with Crippen molar-refractivity contribution in [2.45, 2.75) is 63.8 Å². The zero-order chi connectivity index (χ0) is 21.9. The van der Waals surface area contributed by atoms with Gasteiger partial charge in [0.25, 0.3) is 0 Å². The van der Waals surface area contributed by atoms with E-state index >= 15 is 0 Å². The highest BCUT2D eigenvalue weighted by Crippen LogP contribution is 2.41. The van der Waals surface area contributed by atoms with E-state index in [1.54, 1.807) is 25.1 Å². The van der Waals surface area contributed by atoms with Gasteiger partial charge in [-0.05, 0) is 54.7 Å². The Morgan fingerprint density at radius 3 is 2.20 bits per heavy atom. The fraction of sp³-hybridized carbons (Fsp3) is 0.609. The minimum atomic E-state index is -0.542. The van der Waals surface area contributed by atoms with Crippen LogP contribution in [0.3, 0.4) is 0 Å². The topological polar surface area (TPSA) is 54.2 Å². The summed E-state index contributed by atoms with van der Waals surface area (Å²) in [6, 6.07) is 3.63. The summed E-state index contributed by atoms with van der Waals surface area (Å²) in [6.45, 7) is 5.16. The number of quaternary nitrogens is 1. The van der Waals surface area contributed by atoms with E-state index in [9.17, 15) is 18.4 Å². The number of hydrogen-bond acceptors (Lipinski definition) is 2. The van der Waals surface area contributed by atoms with Crippen molar-refractivity contribution in [2.24, 2.45) is 10.9 Å². The minimum Gasteiger partial charge on any atom is -0.323 e. The van der Waals surface area contributed by atoms with E-state index in [0.717, 1.165) is 62.6 Å². The molecule has 7 heteroatoms. The van der Waals surface area contributed by atoms with Crippen molar-refractivity contribution >= 4 is 18.2 Å². The molecule has 5 nitrogen and oxygen atoms in total. The normalized spacial score (nSPS) is 29.7. The number of amides is 3. The van der Waals surface area contributed by atoms with Crippen molar-refractivity contribution in [3.63, 3.8) is 0 Å². The average Bonchev–Trinajstić information content (AvgIpc) is 2.72. The van der Waals surface area contributed by atoms with Crippen LogP contribution in [0, 0.1) is 17.6 Å². The molecular formula is C23H32F2N3O2+. The first kappa shape index (κ1) is 22.5. The highest BCUT2D eigenvalue weighted by molar-refractivity contribution is 5.84. The van der Waals surface area contributed by atoms with Crippen molar-refractivity contribution in [3.05, 3.63) is 35.4 Å². The first-order valence-corrected chi connectivity index (χ1v) is 10.8. The summed E-state index contributed by atoms with van der Waals surface area (Å²) in [5, 5.41) is 0. The van der Waals surface area contributed by atoms with Crippen LogP contribution in [0.15, 0.2) is 23.2 Å². The Balaban J connectivity index is 1.51. The number of aliphatic imine (C=N–C) groups is 1. The van der Waals surface area contributed by atoms with Crippen molar-refractivity contribution in [1.29, 1.82) is 0 Å². The molecule has 0 atom stereocenters. The van der Waals surface area contributed by atoms with Gasteiger partial charge in [-0.2, -0.15) is 0 Å². The molecule has 0 aromatic heterocycles. The summed E-state index contributed by atoms with van der Waals surface area (Å²) >= 11 is 0. The third-order valence-electron chi connectivity index (χ3n) is 7.00. The Bertz CT molecular complexity index is 790. The molecule has 30 heavy (non-hydrogen) atoms. The average molecular weight is 421 g/mol. The van der Waals surface area contributed by atoms with Gasteiger partial charge in [-0.25, -0.2) is 23.4 Å². The van der Waals surface area contributed by atoms with Crippen molar-refractivity contribution < 1.29 is 23.3 Å². The van der Waals surface area contributed by atoms with E-state index in [4.69, 9.17) is 0 Å². The number of nitrogens with one attached hydrogen (secondary N) is 1. The van der Waals surface area contributed by atoms with Gasteiger partial charge in [0, 0.05) is 38.2 Å². The zero-order valence-corrected chi connectivity index (χ0v) is 18.1. The summed E-state index contributed by atoms with van der Waals surface area (Å²) in [6.07, 6.45) is 6.61. The van der Waals surface area contributed by atoms with Crippen LogP contribution in [0.4, 0.5) is 13.6 Å². The van der Waals surface area contributed by atoms with Crippen LogP contribution in [-0.4, -0.2) is 49.2 Å². The number of benzene rings is 1. The first-order chi connectivity index (χ1) is 14.2. The molecule has 0 radical (unpaired) electrons. The molecule has 0 spiro atoms. The van der Waals surface area contributed by atoms with Crippen LogP contribution in [-0.2, 0) is 10.2 Å². The number of carbonyl (C=O) groups excluding carboxylic acids is 2. The molecule has 1 saturated carbocycles. The van der Waals surface area contributed by atoms with Gasteiger partial charge >= 0.3 is 11.9 Å². The molecule has 1 aromatic rings. The fourth-order valence-corrected chi connectivity index (χ4v) is 4.72. The second-order valence-electron chi connectivity index (χ2n) is 9.12. The lowest BCUT2D eigenvalue weighted by atomic mass is 9.68. The van der Waals surface area contributed by atoms with Crippen LogP contribution in [0.5, 0.6) is 0 Å². The SMILES string of the molecule is CC(=O)[NH+]1CCC(N(C)C(=O)/N=C\C2CCC(C)(c3cc(F)cc(F)c3)CC2)CC1. The molecule has 2 fully saturated rings. The molecule has 1 heterocycles. The lowest BCUT2D eigenvalue weighted by molar-refractivity contribution is -0.826. The number of rotatable bonds is 3. The molecular weight excluding hydrogens is 388 g/mol. The lowest BCUT2D eigenvalue weighted by Gasteiger charge is -2.37. The maximum Gasteiger partial charge on any atom is 0.343 e. The minimum absolute atomic E-state index is 0.121. The lowest BCUT2D eigenvalue weighted by Crippen LogP contribution is -3.15. The summed E-state index contributed by atoms with van der Waals surface area (Å²) < 4.78 is 27.2. The molecule has 1 aromatic carbocycles. The Hall–Kier alpha value is -2.15. The Labute approximate surface area is 177 Å². The van der Waals surface area contributed by atoms with Gasteiger partial charge in [0.1, 0.15) is 11.6 Å². The fourth-order valence-electron chi connectivity index (χ4n) is 4.72. The summed E-state index contributed by atoms with van der Waals surface area (Å²) in [7, 11) is 1.78. The molecule has 0 unspecified atom stereocenters. The van der Waals surface area contributed by atoms with Gasteiger partial charge < -0.3 is 4.90 Å². The van der Waals surface area contributed by atoms with Gasteiger partial charge in [0.2, 0.25) is 0 Å². The third-order valence-corrected chi connectivity index (χ3v) is 7.00. The van der Waals surface area contributed by atoms with Gasteiger partial charge in [0.15, 0.2) is 0 Å². The summed E-state index contributed by atoms with van der Waals surface area (Å²) in [5.74, 6) is -0.734. The molecule has 3 amide bonds. The quantitative estimate of drug-likeness (QED) is 0.764. The van der Waals surface area contributed by atoms with Crippen LogP contribution in [0.2, 0.25) is 0 Å². The number of carbonyl (C=O) groups is 2. The molecule has 1 aliphatic heterocycles. The molecule has 1 N–H and O–H groups in total. The third kappa shape index (κ3) is 5.31. The monoisotopic (exact) mass is 420 g/mol. The first-order valence-electron chi connectivity index (χ1n) is 10.8. The number of nitrogens with zero attached hydrogens (tertiary/aromatic N) is 2. The molecule has 3 rings (SSSR count). The van der Waals surface area contributed by atoms with Crippen LogP contribution in [0.1, 0.15) is 57.9 Å². The highest BCUT2D eigenvalue weighted by Gasteiger charge is 2.33. The van der Waals surface area contributed by atoms with Gasteiger partial charge in [-0.3, -0.25) is 4.90 Å². The predicted octanol–water partition coefficient (Wildman–Crippen LogP) is 3.13. The Kier molecular flexibility index (Phi) is 7.01. The Morgan fingerprint density at radius 1 is 1.10 bits per heavy atom. The van der Waals surface area contributed by atoms with E-state index in [1.165, 1.54) is 12.1 Å². The molecule has 1 aliphatic carbocycles. The number of urea groups is 1. The van der Waals surface area contributed by atoms with Crippen LogP contribution in [0.25, 0.3) is 0 Å². The summed E-state index contributed by atoms with van der Waals surface area (Å²) in [4.78, 5) is 30.8. The second kappa shape index (κ2) is 9.33. The van der Waals surface area contributed by atoms with E-state index in [1.807, 2.05) is 6.92 Å². The standard InChI is InChI=1S/C23H31F2N3O2/c1-16(29)28-10-6-21(7-11-28)27(3)22(30)26-15-17-4-8-23(2,9-5-17)18-12-19(24)14-20(25)13-18/h12-15,17,21H,4-11H2,1-3H3/p+1/b26-15-. The smallest absolute Gasteiger partial charge is 0.323 e. The van der Waals surface area contributed by atoms with Crippen molar-refractivity contribution in [3.8, 4) is 0 Å². The zero-order valence-electron chi connectivity index (χ0n) is 18.1. The maximum absolute atomic E-state index is 13.6. The van der Waals surface area contributed by atoms with E-state index in [0.29, 0.717) is 5.56 Å². The maximum atomic E-state index is 13.6. The highest BCUT2D eigenvalue weighted by atomic mass is 19.1. The van der Waals surface area contributed by atoms with Gasteiger partial charge in [-0.1, -0.05) is 6.92 Å². The molecule has 0 bridgehead atoms. The van der Waals surface area contributed by atoms with Gasteiger partial charge in [-0.15, -0.1) is 0 Å². The van der Waals surface area contributed by atoms with Gasteiger partial charge in [0.05, 0.1) is 20.0 Å². The van der Waals surface area contributed by atoms with Crippen molar-refractivity contribution in [2.75, 3.05) is 20.1 Å². The molecule has 2 aliphatic rings. The molecule has 164 valence electrons. The number of hydrogen-bond donors (Lipinski definition) is 1. The van der Waals surface area contributed by atoms with Crippen LogP contribution < -0.4 is 4.90 Å². The number of halogens is 2. The summed E-state index contributed by atoms with van der Waals surface area (Å²) in [5.41, 5.74) is 0.436. The Morgan fingerprint density at radius 2 is 1.67 bits per heavy atom. The number of piperidine rings is 1. The predicted molar refractivity (Wildman–Crippen MR) is 112 cm³/mol. The van der Waals surface area contributed by atoms with E-state index in [2.05, 4.69) is 4.99 Å². The van der Waals surface area contributed by atoms with Crippen LogP contribution >= 0.6 is 0 Å². The largest absolute Gasteiger partial charge is 0.343 e. The number of likely N-dealkylation sites (tertiary alicyclic amines) is 1. The second-order valence-corrected chi connectivity index (χ2v) is 9.12. The van der Waals surface area contributed by atoms with Crippen molar-refractivity contribution in [1.82, 2.24) is 4.90 Å². The molecule has 1 saturated heterocycles.